The van der Waals surface area contributed by atoms with E-state index in [1.165, 1.54) is 18.2 Å². The van der Waals surface area contributed by atoms with E-state index in [0.717, 1.165) is 6.21 Å². The number of phenols is 1. The number of rotatable bonds is 2. The third-order valence-electron chi connectivity index (χ3n) is 1.35. The number of nitrogens with zero attached hydrogens (tertiary/aromatic N) is 1. The molecule has 0 aromatic heterocycles. The van der Waals surface area contributed by atoms with Gasteiger partial charge in [0, 0.05) is 10.6 Å². The molecule has 6 heteroatoms. The first kappa shape index (κ1) is 10.3. The first-order chi connectivity index (χ1) is 6.59. The lowest BCUT2D eigenvalue weighted by Gasteiger charge is -1.98. The number of hydrogen-bond acceptors (Lipinski definition) is 3. The average molecular weight is 215 g/mol. The molecule has 0 atom stereocenters. The Hall–Kier alpha value is -1.75. The molecule has 1 aromatic carbocycles. The van der Waals surface area contributed by atoms with Gasteiger partial charge in [-0.3, -0.25) is 0 Å². The van der Waals surface area contributed by atoms with Crippen LogP contribution in [0.15, 0.2) is 23.3 Å². The zero-order chi connectivity index (χ0) is 10.6. The van der Waals surface area contributed by atoms with E-state index >= 15 is 0 Å². The fourth-order valence-electron chi connectivity index (χ4n) is 0.786. The van der Waals surface area contributed by atoms with E-state index < -0.39 is 6.09 Å². The minimum absolute atomic E-state index is 0.0228. The number of hydrazone groups is 1. The summed E-state index contributed by atoms with van der Waals surface area (Å²) >= 11 is 5.65. The van der Waals surface area contributed by atoms with Crippen molar-refractivity contribution in [3.63, 3.8) is 0 Å². The minimum Gasteiger partial charge on any atom is -0.507 e. The number of benzene rings is 1. The maximum Gasteiger partial charge on any atom is 0.425 e. The first-order valence-corrected chi connectivity index (χ1v) is 3.98. The van der Waals surface area contributed by atoms with Gasteiger partial charge in [0.05, 0.1) is 6.21 Å². The van der Waals surface area contributed by atoms with Crippen LogP contribution in [0, 0.1) is 0 Å². The molecule has 0 aliphatic rings. The van der Waals surface area contributed by atoms with E-state index in [4.69, 9.17) is 16.7 Å². The van der Waals surface area contributed by atoms with E-state index in [1.807, 2.05) is 0 Å². The molecule has 0 unspecified atom stereocenters. The lowest BCUT2D eigenvalue weighted by Crippen LogP contribution is -2.13. The van der Waals surface area contributed by atoms with Gasteiger partial charge in [-0.2, -0.15) is 5.10 Å². The predicted octanol–water partition coefficient (Wildman–Crippen LogP) is 1.65. The molecule has 0 bridgehead atoms. The maximum absolute atomic E-state index is 10.0. The molecule has 0 fully saturated rings. The fourth-order valence-corrected chi connectivity index (χ4v) is 0.966. The predicted molar refractivity (Wildman–Crippen MR) is 51.9 cm³/mol. The molecule has 0 spiro atoms. The van der Waals surface area contributed by atoms with Crippen molar-refractivity contribution >= 4 is 23.9 Å². The summed E-state index contributed by atoms with van der Waals surface area (Å²) in [5.41, 5.74) is 2.11. The number of halogens is 1. The van der Waals surface area contributed by atoms with Gasteiger partial charge in [-0.15, -0.1) is 0 Å². The molecular weight excluding hydrogens is 208 g/mol. The van der Waals surface area contributed by atoms with Crippen molar-refractivity contribution in [2.75, 3.05) is 0 Å². The summed E-state index contributed by atoms with van der Waals surface area (Å²) in [7, 11) is 0. The fraction of sp³-hybridized carbons (Fsp3) is 0. The third-order valence-corrected chi connectivity index (χ3v) is 1.59. The Morgan fingerprint density at radius 2 is 2.29 bits per heavy atom. The molecule has 74 valence electrons. The molecule has 0 saturated heterocycles. The van der Waals surface area contributed by atoms with E-state index in [1.54, 1.807) is 5.43 Å². The number of carboxylic acid groups (broad SMARTS) is 1. The quantitative estimate of drug-likeness (QED) is 0.517. The van der Waals surface area contributed by atoms with Crippen LogP contribution in [0.4, 0.5) is 4.79 Å². The zero-order valence-corrected chi connectivity index (χ0v) is 7.69. The van der Waals surface area contributed by atoms with Crippen molar-refractivity contribution in [2.24, 2.45) is 5.10 Å². The highest BCUT2D eigenvalue weighted by molar-refractivity contribution is 6.30. The van der Waals surface area contributed by atoms with Crippen LogP contribution in [-0.4, -0.2) is 22.5 Å². The Balaban J connectivity index is 2.80. The van der Waals surface area contributed by atoms with Gasteiger partial charge in [0.2, 0.25) is 0 Å². The highest BCUT2D eigenvalue weighted by Gasteiger charge is 1.98. The van der Waals surface area contributed by atoms with Crippen molar-refractivity contribution in [1.82, 2.24) is 5.43 Å². The lowest BCUT2D eigenvalue weighted by molar-refractivity contribution is 0.195. The summed E-state index contributed by atoms with van der Waals surface area (Å²) in [4.78, 5) is 10.0. The largest absolute Gasteiger partial charge is 0.507 e. The highest BCUT2D eigenvalue weighted by Crippen LogP contribution is 2.19. The molecule has 0 aliphatic heterocycles. The molecular formula is C8H7ClN2O3. The number of amides is 1. The number of nitrogens with one attached hydrogen (secondary N) is 1. The van der Waals surface area contributed by atoms with Gasteiger partial charge in [-0.25, -0.2) is 10.2 Å². The monoisotopic (exact) mass is 214 g/mol. The van der Waals surface area contributed by atoms with Crippen LogP contribution in [0.1, 0.15) is 5.56 Å². The molecule has 1 rings (SSSR count). The van der Waals surface area contributed by atoms with Gasteiger partial charge in [0.1, 0.15) is 5.75 Å². The summed E-state index contributed by atoms with van der Waals surface area (Å²) in [6.45, 7) is 0. The molecule has 5 nitrogen and oxygen atoms in total. The molecule has 1 aromatic rings. The van der Waals surface area contributed by atoms with E-state index in [9.17, 15) is 9.90 Å². The smallest absolute Gasteiger partial charge is 0.425 e. The van der Waals surface area contributed by atoms with Crippen LogP contribution in [0.5, 0.6) is 5.75 Å². The Bertz CT molecular complexity index is 379. The van der Waals surface area contributed by atoms with Crippen LogP contribution in [-0.2, 0) is 0 Å². The van der Waals surface area contributed by atoms with Gasteiger partial charge in [0.25, 0.3) is 0 Å². The molecule has 14 heavy (non-hydrogen) atoms. The third kappa shape index (κ3) is 2.95. The second-order valence-electron chi connectivity index (χ2n) is 2.38. The highest BCUT2D eigenvalue weighted by atomic mass is 35.5. The molecule has 0 radical (unpaired) electrons. The van der Waals surface area contributed by atoms with E-state index in [2.05, 4.69) is 5.10 Å². The second kappa shape index (κ2) is 4.48. The number of phenolic OH excluding ortho intramolecular Hbond substituents is 1. The van der Waals surface area contributed by atoms with Gasteiger partial charge in [0.15, 0.2) is 0 Å². The Kier molecular flexibility index (Phi) is 3.30. The Morgan fingerprint density at radius 1 is 1.57 bits per heavy atom. The van der Waals surface area contributed by atoms with Crippen LogP contribution in [0.3, 0.4) is 0 Å². The van der Waals surface area contributed by atoms with Gasteiger partial charge in [-0.1, -0.05) is 11.6 Å². The first-order valence-electron chi connectivity index (χ1n) is 3.60. The summed E-state index contributed by atoms with van der Waals surface area (Å²) in [5, 5.41) is 21.3. The summed E-state index contributed by atoms with van der Waals surface area (Å²) in [6, 6.07) is 4.37. The number of hydrogen-bond donors (Lipinski definition) is 3. The van der Waals surface area contributed by atoms with Crippen molar-refractivity contribution in [1.29, 1.82) is 0 Å². The van der Waals surface area contributed by atoms with Crippen LogP contribution < -0.4 is 5.43 Å². The summed E-state index contributed by atoms with van der Waals surface area (Å²) in [6.07, 6.45) is -0.113. The zero-order valence-electron chi connectivity index (χ0n) is 6.94. The van der Waals surface area contributed by atoms with Crippen molar-refractivity contribution < 1.29 is 15.0 Å². The summed E-state index contributed by atoms with van der Waals surface area (Å²) in [5.74, 6) is -0.0228. The second-order valence-corrected chi connectivity index (χ2v) is 2.81. The van der Waals surface area contributed by atoms with E-state index in [0.29, 0.717) is 10.6 Å². The van der Waals surface area contributed by atoms with Crippen molar-refractivity contribution in [3.8, 4) is 5.75 Å². The van der Waals surface area contributed by atoms with Crippen LogP contribution in [0.2, 0.25) is 5.02 Å². The van der Waals surface area contributed by atoms with Gasteiger partial charge < -0.3 is 10.2 Å². The molecule has 0 saturated carbocycles. The number of aromatic hydroxyl groups is 1. The van der Waals surface area contributed by atoms with Crippen LogP contribution in [0.25, 0.3) is 0 Å². The Labute approximate surface area is 84.6 Å². The molecule has 0 aliphatic carbocycles. The van der Waals surface area contributed by atoms with Crippen molar-refractivity contribution in [2.45, 2.75) is 0 Å². The standard InChI is InChI=1S/C8H7ClN2O3/c9-6-1-2-7(12)5(3-6)4-10-11-8(13)14/h1-4,11-12H,(H,13,14). The topological polar surface area (TPSA) is 81.9 Å². The Morgan fingerprint density at radius 3 is 2.93 bits per heavy atom. The molecule has 0 heterocycles. The summed E-state index contributed by atoms with van der Waals surface area (Å²) < 4.78 is 0. The number of carbonyl (C=O) groups is 1. The average Bonchev–Trinajstić information content (AvgIpc) is 2.10. The molecule has 3 N–H and O–H groups in total. The normalized spacial score (nSPS) is 10.4. The van der Waals surface area contributed by atoms with Gasteiger partial charge >= 0.3 is 6.09 Å². The van der Waals surface area contributed by atoms with Crippen molar-refractivity contribution in [3.05, 3.63) is 28.8 Å². The van der Waals surface area contributed by atoms with Crippen LogP contribution >= 0.6 is 11.6 Å². The van der Waals surface area contributed by atoms with Gasteiger partial charge in [-0.05, 0) is 18.2 Å². The molecule has 1 amide bonds. The minimum atomic E-state index is -1.28. The SMILES string of the molecule is O=C(O)NN=Cc1cc(Cl)ccc1O. The maximum atomic E-state index is 10.0. The van der Waals surface area contributed by atoms with E-state index in [-0.39, 0.29) is 5.75 Å². The lowest BCUT2D eigenvalue weighted by atomic mass is 10.2.